The summed E-state index contributed by atoms with van der Waals surface area (Å²) in [6.07, 6.45) is -4.94. The van der Waals surface area contributed by atoms with Crippen molar-refractivity contribution in [3.05, 3.63) is 50.9 Å². The maximum Gasteiger partial charge on any atom is 0.573 e. The molecule has 0 bridgehead atoms. The predicted octanol–water partition coefficient (Wildman–Crippen LogP) is 1.61. The average Bonchev–Trinajstić information content (AvgIpc) is 2.73. The van der Waals surface area contributed by atoms with Gasteiger partial charge in [0.25, 0.3) is 5.56 Å². The standard InChI is InChI=1S/C13H9F3N4O3/c1-6-17-10-9(11(21)18-6)20(12(22)19-10)7-4-2-3-5-8(7)23-13(14,15)16/h2-5H,1H3,(H2,17,18,19,21,22). The van der Waals surface area contributed by atoms with Crippen LogP contribution in [0.15, 0.2) is 33.9 Å². The van der Waals surface area contributed by atoms with Crippen LogP contribution >= 0.6 is 0 Å². The molecule has 1 aromatic carbocycles. The molecule has 23 heavy (non-hydrogen) atoms. The predicted molar refractivity (Wildman–Crippen MR) is 73.7 cm³/mol. The van der Waals surface area contributed by atoms with Gasteiger partial charge in [0.05, 0.1) is 5.69 Å². The summed E-state index contributed by atoms with van der Waals surface area (Å²) in [7, 11) is 0. The summed E-state index contributed by atoms with van der Waals surface area (Å²) in [5, 5.41) is 0. The third kappa shape index (κ3) is 2.70. The molecule has 2 aromatic heterocycles. The van der Waals surface area contributed by atoms with Crippen LogP contribution < -0.4 is 16.0 Å². The van der Waals surface area contributed by atoms with Crippen LogP contribution in [0, 0.1) is 6.92 Å². The molecule has 3 aromatic rings. The Labute approximate surface area is 125 Å². The summed E-state index contributed by atoms with van der Waals surface area (Å²) in [5.74, 6) is -0.348. The van der Waals surface area contributed by atoms with Crippen molar-refractivity contribution in [1.29, 1.82) is 0 Å². The fourth-order valence-corrected chi connectivity index (χ4v) is 2.22. The first-order valence-corrected chi connectivity index (χ1v) is 6.33. The molecule has 0 aliphatic carbocycles. The third-order valence-corrected chi connectivity index (χ3v) is 3.00. The van der Waals surface area contributed by atoms with Crippen LogP contribution in [0.1, 0.15) is 5.82 Å². The Balaban J connectivity index is 2.33. The number of imidazole rings is 1. The van der Waals surface area contributed by atoms with E-state index in [0.717, 1.165) is 10.6 Å². The lowest BCUT2D eigenvalue weighted by Crippen LogP contribution is -2.22. The quantitative estimate of drug-likeness (QED) is 0.748. The summed E-state index contributed by atoms with van der Waals surface area (Å²) in [4.78, 5) is 32.8. The summed E-state index contributed by atoms with van der Waals surface area (Å²) in [6.45, 7) is 1.51. The van der Waals surface area contributed by atoms with E-state index in [9.17, 15) is 22.8 Å². The van der Waals surface area contributed by atoms with Crippen molar-refractivity contribution in [3.63, 3.8) is 0 Å². The molecule has 120 valence electrons. The number of alkyl halides is 3. The van der Waals surface area contributed by atoms with Gasteiger partial charge < -0.3 is 9.72 Å². The molecule has 2 N–H and O–H groups in total. The van der Waals surface area contributed by atoms with E-state index in [1.165, 1.54) is 25.1 Å². The highest BCUT2D eigenvalue weighted by Gasteiger charge is 2.32. The monoisotopic (exact) mass is 326 g/mol. The van der Waals surface area contributed by atoms with Crippen molar-refractivity contribution in [2.45, 2.75) is 13.3 Å². The zero-order chi connectivity index (χ0) is 16.8. The molecule has 3 rings (SSSR count). The van der Waals surface area contributed by atoms with Crippen LogP contribution in [-0.2, 0) is 0 Å². The number of aryl methyl sites for hydroxylation is 1. The number of hydrogen-bond acceptors (Lipinski definition) is 4. The van der Waals surface area contributed by atoms with Crippen molar-refractivity contribution in [1.82, 2.24) is 19.5 Å². The Morgan fingerprint density at radius 3 is 2.57 bits per heavy atom. The van der Waals surface area contributed by atoms with Gasteiger partial charge in [-0.15, -0.1) is 13.2 Å². The van der Waals surface area contributed by atoms with Crippen LogP contribution in [0.25, 0.3) is 16.9 Å². The molecule has 0 fully saturated rings. The number of hydrogen-bond donors (Lipinski definition) is 2. The van der Waals surface area contributed by atoms with E-state index in [2.05, 4.69) is 19.7 Å². The third-order valence-electron chi connectivity index (χ3n) is 3.00. The highest BCUT2D eigenvalue weighted by atomic mass is 19.4. The van der Waals surface area contributed by atoms with Crippen molar-refractivity contribution >= 4 is 11.2 Å². The maximum atomic E-state index is 12.5. The van der Waals surface area contributed by atoms with Gasteiger partial charge in [0, 0.05) is 0 Å². The number of benzene rings is 1. The molecule has 0 saturated carbocycles. The van der Waals surface area contributed by atoms with Crippen LogP contribution in [0.4, 0.5) is 13.2 Å². The fourth-order valence-electron chi connectivity index (χ4n) is 2.22. The largest absolute Gasteiger partial charge is 0.573 e. The first-order chi connectivity index (χ1) is 10.8. The van der Waals surface area contributed by atoms with Gasteiger partial charge in [0.2, 0.25) is 0 Å². The van der Waals surface area contributed by atoms with Crippen LogP contribution in [-0.4, -0.2) is 25.9 Å². The Hall–Kier alpha value is -3.04. The van der Waals surface area contributed by atoms with Gasteiger partial charge in [-0.25, -0.2) is 9.78 Å². The van der Waals surface area contributed by atoms with Crippen LogP contribution in [0.5, 0.6) is 5.75 Å². The first kappa shape index (κ1) is 14.9. The normalized spacial score (nSPS) is 11.8. The van der Waals surface area contributed by atoms with E-state index in [1.807, 2.05) is 0 Å². The number of nitrogens with zero attached hydrogens (tertiary/aromatic N) is 2. The average molecular weight is 326 g/mol. The van der Waals surface area contributed by atoms with Gasteiger partial charge in [-0.3, -0.25) is 14.3 Å². The maximum absolute atomic E-state index is 12.5. The Bertz CT molecular complexity index is 1000. The molecule has 10 heteroatoms. The Morgan fingerprint density at radius 2 is 1.87 bits per heavy atom. The molecule has 0 aliphatic rings. The number of rotatable bonds is 2. The van der Waals surface area contributed by atoms with E-state index < -0.39 is 23.4 Å². The highest BCUT2D eigenvalue weighted by Crippen LogP contribution is 2.29. The minimum absolute atomic E-state index is 0.0296. The number of fused-ring (bicyclic) bond motifs is 1. The van der Waals surface area contributed by atoms with Gasteiger partial charge in [-0.05, 0) is 19.1 Å². The summed E-state index contributed by atoms with van der Waals surface area (Å²) in [6, 6.07) is 5.01. The van der Waals surface area contributed by atoms with E-state index in [4.69, 9.17) is 0 Å². The van der Waals surface area contributed by atoms with Crippen LogP contribution in [0.2, 0.25) is 0 Å². The van der Waals surface area contributed by atoms with Gasteiger partial charge >= 0.3 is 12.1 Å². The van der Waals surface area contributed by atoms with Crippen molar-refractivity contribution in [2.24, 2.45) is 0 Å². The molecular weight excluding hydrogens is 317 g/mol. The number of aromatic nitrogens is 4. The number of nitrogens with one attached hydrogen (secondary N) is 2. The molecule has 0 aliphatic heterocycles. The Kier molecular flexibility index (Phi) is 3.24. The second-order valence-corrected chi connectivity index (χ2v) is 4.63. The van der Waals surface area contributed by atoms with Gasteiger partial charge in [0.1, 0.15) is 5.82 Å². The van der Waals surface area contributed by atoms with Crippen LogP contribution in [0.3, 0.4) is 0 Å². The number of H-pyrrole nitrogens is 2. The van der Waals surface area contributed by atoms with Crippen molar-refractivity contribution in [3.8, 4) is 11.4 Å². The molecule has 0 amide bonds. The van der Waals surface area contributed by atoms with Gasteiger partial charge in [-0.1, -0.05) is 12.1 Å². The minimum Gasteiger partial charge on any atom is -0.404 e. The van der Waals surface area contributed by atoms with E-state index in [1.54, 1.807) is 0 Å². The Morgan fingerprint density at radius 1 is 1.17 bits per heavy atom. The molecule has 0 saturated heterocycles. The number of aromatic amines is 2. The molecule has 0 atom stereocenters. The zero-order valence-corrected chi connectivity index (χ0v) is 11.6. The lowest BCUT2D eigenvalue weighted by molar-refractivity contribution is -0.274. The highest BCUT2D eigenvalue weighted by molar-refractivity contribution is 5.73. The summed E-state index contributed by atoms with van der Waals surface area (Å²) in [5.41, 5.74) is -1.91. The lowest BCUT2D eigenvalue weighted by atomic mass is 10.3. The fraction of sp³-hybridized carbons (Fsp3) is 0.154. The minimum atomic E-state index is -4.94. The number of halogens is 3. The van der Waals surface area contributed by atoms with Crippen molar-refractivity contribution in [2.75, 3.05) is 0 Å². The molecule has 7 nitrogen and oxygen atoms in total. The lowest BCUT2D eigenvalue weighted by Gasteiger charge is -2.13. The summed E-state index contributed by atoms with van der Waals surface area (Å²) < 4.78 is 42.2. The van der Waals surface area contributed by atoms with Gasteiger partial charge in [0.15, 0.2) is 16.9 Å². The van der Waals surface area contributed by atoms with Gasteiger partial charge in [-0.2, -0.15) is 0 Å². The van der Waals surface area contributed by atoms with E-state index >= 15 is 0 Å². The number of para-hydroxylation sites is 2. The second kappa shape index (κ2) is 5.00. The molecule has 0 unspecified atom stereocenters. The molecular formula is C13H9F3N4O3. The first-order valence-electron chi connectivity index (χ1n) is 6.33. The SMILES string of the molecule is Cc1nc2[nH]c(=O)n(-c3ccccc3OC(F)(F)F)c2c(=O)[nH]1. The topological polar surface area (TPSA) is 92.8 Å². The summed E-state index contributed by atoms with van der Waals surface area (Å²) >= 11 is 0. The van der Waals surface area contributed by atoms with E-state index in [0.29, 0.717) is 0 Å². The smallest absolute Gasteiger partial charge is 0.404 e. The zero-order valence-electron chi connectivity index (χ0n) is 11.6. The van der Waals surface area contributed by atoms with E-state index in [-0.39, 0.29) is 22.7 Å². The number of ether oxygens (including phenoxy) is 1. The molecule has 2 heterocycles. The van der Waals surface area contributed by atoms with Crippen molar-refractivity contribution < 1.29 is 17.9 Å². The molecule has 0 radical (unpaired) electrons. The second-order valence-electron chi connectivity index (χ2n) is 4.63. The molecule has 0 spiro atoms.